The summed E-state index contributed by atoms with van der Waals surface area (Å²) in [5.41, 5.74) is 5.57. The number of piperidine rings is 1. The van der Waals surface area contributed by atoms with E-state index in [2.05, 4.69) is 0 Å². The van der Waals surface area contributed by atoms with Crippen LogP contribution < -0.4 is 5.73 Å². The van der Waals surface area contributed by atoms with Crippen LogP contribution in [0.1, 0.15) is 12.8 Å². The Kier molecular flexibility index (Phi) is 4.62. The minimum Gasteiger partial charge on any atom is -0.398 e. The molecule has 0 aromatic heterocycles. The Morgan fingerprint density at radius 1 is 1.40 bits per heavy atom. The van der Waals surface area contributed by atoms with Crippen LogP contribution in [-0.4, -0.2) is 39.5 Å². The predicted octanol–water partition coefficient (Wildman–Crippen LogP) is 1.45. The average Bonchev–Trinajstić information content (AvgIpc) is 2.39. The summed E-state index contributed by atoms with van der Waals surface area (Å²) in [5, 5.41) is 0. The SMILES string of the molecule is COCC1CCN(S(=O)(=O)c2ccc(F)cc2N)CC1. The van der Waals surface area contributed by atoms with Gasteiger partial charge in [0.2, 0.25) is 10.0 Å². The van der Waals surface area contributed by atoms with Gasteiger partial charge in [0.1, 0.15) is 10.7 Å². The second-order valence-corrected chi connectivity index (χ2v) is 6.89. The summed E-state index contributed by atoms with van der Waals surface area (Å²) >= 11 is 0. The van der Waals surface area contributed by atoms with E-state index >= 15 is 0 Å². The number of nitrogens with two attached hydrogens (primary N) is 1. The number of methoxy groups -OCH3 is 1. The van der Waals surface area contributed by atoms with Crippen molar-refractivity contribution < 1.29 is 17.5 Å². The fraction of sp³-hybridized carbons (Fsp3) is 0.538. The first-order chi connectivity index (χ1) is 9.45. The van der Waals surface area contributed by atoms with Gasteiger partial charge < -0.3 is 10.5 Å². The maximum Gasteiger partial charge on any atom is 0.245 e. The van der Waals surface area contributed by atoms with E-state index in [4.69, 9.17) is 10.5 Å². The van der Waals surface area contributed by atoms with E-state index in [9.17, 15) is 12.8 Å². The summed E-state index contributed by atoms with van der Waals surface area (Å²) in [6.07, 6.45) is 1.52. The van der Waals surface area contributed by atoms with Crippen LogP contribution in [-0.2, 0) is 14.8 Å². The molecule has 2 rings (SSSR count). The molecule has 1 aromatic carbocycles. The molecule has 1 saturated heterocycles. The molecule has 1 heterocycles. The van der Waals surface area contributed by atoms with Crippen molar-refractivity contribution in [2.75, 3.05) is 32.5 Å². The Balaban J connectivity index is 2.15. The van der Waals surface area contributed by atoms with Crippen LogP contribution in [0, 0.1) is 11.7 Å². The van der Waals surface area contributed by atoms with Gasteiger partial charge in [0, 0.05) is 26.8 Å². The number of benzene rings is 1. The molecular weight excluding hydrogens is 283 g/mol. The number of nitrogens with zero attached hydrogens (tertiary/aromatic N) is 1. The molecule has 1 fully saturated rings. The third kappa shape index (κ3) is 3.11. The number of anilines is 1. The number of ether oxygens (including phenoxy) is 1. The van der Waals surface area contributed by atoms with Crippen molar-refractivity contribution in [3.05, 3.63) is 24.0 Å². The highest BCUT2D eigenvalue weighted by atomic mass is 32.2. The van der Waals surface area contributed by atoms with Gasteiger partial charge in [-0.05, 0) is 37.0 Å². The molecule has 5 nitrogen and oxygen atoms in total. The van der Waals surface area contributed by atoms with E-state index in [1.54, 1.807) is 7.11 Å². The van der Waals surface area contributed by atoms with Crippen molar-refractivity contribution in [1.29, 1.82) is 0 Å². The van der Waals surface area contributed by atoms with Crippen LogP contribution >= 0.6 is 0 Å². The first-order valence-corrected chi connectivity index (χ1v) is 7.93. The van der Waals surface area contributed by atoms with Gasteiger partial charge in [0.05, 0.1) is 5.69 Å². The van der Waals surface area contributed by atoms with Gasteiger partial charge >= 0.3 is 0 Å². The average molecular weight is 302 g/mol. The minimum absolute atomic E-state index is 0.0240. The smallest absolute Gasteiger partial charge is 0.245 e. The highest BCUT2D eigenvalue weighted by Crippen LogP contribution is 2.27. The zero-order valence-corrected chi connectivity index (χ0v) is 12.2. The zero-order valence-electron chi connectivity index (χ0n) is 11.4. The Bertz CT molecular complexity index is 569. The molecule has 112 valence electrons. The van der Waals surface area contributed by atoms with E-state index in [0.29, 0.717) is 25.6 Å². The number of rotatable bonds is 4. The quantitative estimate of drug-likeness (QED) is 0.855. The monoisotopic (exact) mass is 302 g/mol. The summed E-state index contributed by atoms with van der Waals surface area (Å²) in [4.78, 5) is -0.0240. The third-order valence-corrected chi connectivity index (χ3v) is 5.54. The first kappa shape index (κ1) is 15.2. The van der Waals surface area contributed by atoms with Crippen LogP contribution in [0.25, 0.3) is 0 Å². The molecule has 0 saturated carbocycles. The van der Waals surface area contributed by atoms with E-state index < -0.39 is 15.8 Å². The number of hydrogen-bond donors (Lipinski definition) is 1. The lowest BCUT2D eigenvalue weighted by molar-refractivity contribution is 0.121. The number of sulfonamides is 1. The van der Waals surface area contributed by atoms with Crippen molar-refractivity contribution in [3.63, 3.8) is 0 Å². The molecule has 0 unspecified atom stereocenters. The zero-order chi connectivity index (χ0) is 14.8. The summed E-state index contributed by atoms with van der Waals surface area (Å²) in [6.45, 7) is 1.52. The summed E-state index contributed by atoms with van der Waals surface area (Å²) in [7, 11) is -2.01. The molecule has 0 aliphatic carbocycles. The largest absolute Gasteiger partial charge is 0.398 e. The molecule has 2 N–H and O–H groups in total. The van der Waals surface area contributed by atoms with Gasteiger partial charge in [-0.1, -0.05) is 0 Å². The highest BCUT2D eigenvalue weighted by Gasteiger charge is 2.30. The maximum atomic E-state index is 13.0. The van der Waals surface area contributed by atoms with Crippen molar-refractivity contribution in [1.82, 2.24) is 4.31 Å². The summed E-state index contributed by atoms with van der Waals surface area (Å²) in [5.74, 6) is -0.155. The molecule has 1 aliphatic heterocycles. The van der Waals surface area contributed by atoms with Gasteiger partial charge in [-0.25, -0.2) is 12.8 Å². The number of hydrogen-bond acceptors (Lipinski definition) is 4. The number of halogens is 1. The Morgan fingerprint density at radius 2 is 2.05 bits per heavy atom. The van der Waals surface area contributed by atoms with Crippen LogP contribution in [0.4, 0.5) is 10.1 Å². The molecule has 0 radical (unpaired) electrons. The third-order valence-electron chi connectivity index (χ3n) is 3.57. The topological polar surface area (TPSA) is 72.6 Å². The standard InChI is InChI=1S/C13H19FN2O3S/c1-19-9-10-4-6-16(7-5-10)20(17,18)13-3-2-11(14)8-12(13)15/h2-3,8,10H,4-7,9,15H2,1H3. The van der Waals surface area contributed by atoms with Crippen molar-refractivity contribution >= 4 is 15.7 Å². The van der Waals surface area contributed by atoms with E-state index in [1.165, 1.54) is 10.4 Å². The molecule has 1 aromatic rings. The van der Waals surface area contributed by atoms with Crippen molar-refractivity contribution in [2.24, 2.45) is 5.92 Å². The molecule has 7 heteroatoms. The van der Waals surface area contributed by atoms with Gasteiger partial charge in [0.25, 0.3) is 0 Å². The fourth-order valence-electron chi connectivity index (χ4n) is 2.45. The Morgan fingerprint density at radius 3 is 2.60 bits per heavy atom. The highest BCUT2D eigenvalue weighted by molar-refractivity contribution is 7.89. The summed E-state index contributed by atoms with van der Waals surface area (Å²) in [6, 6.07) is 3.37. The van der Waals surface area contributed by atoms with Gasteiger partial charge in [-0.2, -0.15) is 4.31 Å². The van der Waals surface area contributed by atoms with Gasteiger partial charge in [-0.15, -0.1) is 0 Å². The van der Waals surface area contributed by atoms with Crippen LogP contribution in [0.3, 0.4) is 0 Å². The molecule has 0 amide bonds. The molecule has 0 bridgehead atoms. The Labute approximate surface area is 118 Å². The van der Waals surface area contributed by atoms with Crippen LogP contribution in [0.5, 0.6) is 0 Å². The predicted molar refractivity (Wildman–Crippen MR) is 74.2 cm³/mol. The lowest BCUT2D eigenvalue weighted by Crippen LogP contribution is -2.39. The van der Waals surface area contributed by atoms with Crippen LogP contribution in [0.15, 0.2) is 23.1 Å². The maximum absolute atomic E-state index is 13.0. The second kappa shape index (κ2) is 6.07. The van der Waals surface area contributed by atoms with E-state index in [-0.39, 0.29) is 10.6 Å². The van der Waals surface area contributed by atoms with E-state index in [0.717, 1.165) is 25.0 Å². The molecular formula is C13H19FN2O3S. The number of nitrogen functional groups attached to an aromatic ring is 1. The van der Waals surface area contributed by atoms with Gasteiger partial charge in [0.15, 0.2) is 0 Å². The molecule has 1 aliphatic rings. The lowest BCUT2D eigenvalue weighted by Gasteiger charge is -2.31. The summed E-state index contributed by atoms with van der Waals surface area (Å²) < 4.78 is 44.5. The fourth-order valence-corrected chi connectivity index (χ4v) is 4.01. The minimum atomic E-state index is -3.65. The lowest BCUT2D eigenvalue weighted by atomic mass is 9.99. The van der Waals surface area contributed by atoms with Crippen molar-refractivity contribution in [3.8, 4) is 0 Å². The molecule has 0 spiro atoms. The van der Waals surface area contributed by atoms with E-state index in [1.807, 2.05) is 0 Å². The molecule has 20 heavy (non-hydrogen) atoms. The van der Waals surface area contributed by atoms with Crippen molar-refractivity contribution in [2.45, 2.75) is 17.7 Å². The van der Waals surface area contributed by atoms with Crippen LogP contribution in [0.2, 0.25) is 0 Å². The molecule has 0 atom stereocenters. The first-order valence-electron chi connectivity index (χ1n) is 6.49. The Hall–Kier alpha value is -1.18. The second-order valence-electron chi connectivity index (χ2n) is 4.98. The van der Waals surface area contributed by atoms with Gasteiger partial charge in [-0.3, -0.25) is 0 Å². The normalized spacial score (nSPS) is 18.3.